The Morgan fingerprint density at radius 3 is 2.80 bits per heavy atom. The van der Waals surface area contributed by atoms with Crippen LogP contribution in [0.2, 0.25) is 0 Å². The lowest BCUT2D eigenvalue weighted by Gasteiger charge is -2.10. The second-order valence-electron chi connectivity index (χ2n) is 6.11. The molecule has 0 unspecified atom stereocenters. The van der Waals surface area contributed by atoms with Crippen LogP contribution in [0, 0.1) is 0 Å². The Balaban J connectivity index is 1.50. The molecule has 0 aliphatic heterocycles. The normalized spacial score (nSPS) is 10.7. The van der Waals surface area contributed by atoms with Gasteiger partial charge in [0.15, 0.2) is 11.5 Å². The molecule has 9 nitrogen and oxygen atoms in total. The molecule has 10 heteroatoms. The molecule has 0 saturated heterocycles. The molecule has 30 heavy (non-hydrogen) atoms. The van der Waals surface area contributed by atoms with Crippen molar-refractivity contribution in [3.63, 3.8) is 0 Å². The molecule has 3 aromatic heterocycles. The van der Waals surface area contributed by atoms with Crippen molar-refractivity contribution in [1.29, 1.82) is 0 Å². The van der Waals surface area contributed by atoms with E-state index in [9.17, 15) is 4.79 Å². The zero-order chi connectivity index (χ0) is 20.9. The van der Waals surface area contributed by atoms with E-state index in [1.165, 1.54) is 11.3 Å². The van der Waals surface area contributed by atoms with Crippen LogP contribution in [0.3, 0.4) is 0 Å². The number of rotatable bonds is 8. The number of thiophene rings is 1. The second kappa shape index (κ2) is 8.78. The van der Waals surface area contributed by atoms with Crippen LogP contribution in [0.5, 0.6) is 17.4 Å². The van der Waals surface area contributed by atoms with E-state index in [1.807, 2.05) is 17.5 Å². The first-order chi connectivity index (χ1) is 14.7. The number of fused-ring (bicyclic) bond motifs is 1. The fourth-order valence-corrected chi connectivity index (χ4v) is 3.46. The standard InChI is InChI=1S/C20H19N5O4S/c1-27-13-5-6-15(28-2)14(12-13)19-23-22-17-7-8-18(24-25(17)19)29-10-9-21-20(26)16-4-3-11-30-16/h3-8,11-12H,9-10H2,1-2H3,(H,21,26). The summed E-state index contributed by atoms with van der Waals surface area (Å²) in [5, 5.41) is 17.5. The van der Waals surface area contributed by atoms with Crippen LogP contribution in [0.15, 0.2) is 47.8 Å². The van der Waals surface area contributed by atoms with Gasteiger partial charge in [0.2, 0.25) is 5.88 Å². The highest BCUT2D eigenvalue weighted by atomic mass is 32.1. The largest absolute Gasteiger partial charge is 0.497 e. The lowest BCUT2D eigenvalue weighted by atomic mass is 10.2. The Hall–Kier alpha value is -3.66. The van der Waals surface area contributed by atoms with Gasteiger partial charge in [0, 0.05) is 6.07 Å². The Morgan fingerprint density at radius 2 is 2.03 bits per heavy atom. The molecular weight excluding hydrogens is 406 g/mol. The van der Waals surface area contributed by atoms with Gasteiger partial charge in [0.1, 0.15) is 18.1 Å². The number of carbonyl (C=O) groups excluding carboxylic acids is 1. The quantitative estimate of drug-likeness (QED) is 0.433. The van der Waals surface area contributed by atoms with Crippen LogP contribution in [0.1, 0.15) is 9.67 Å². The number of hydrogen-bond acceptors (Lipinski definition) is 8. The summed E-state index contributed by atoms with van der Waals surface area (Å²) >= 11 is 1.39. The summed E-state index contributed by atoms with van der Waals surface area (Å²) in [5.74, 6) is 2.04. The number of hydrogen-bond donors (Lipinski definition) is 1. The zero-order valence-electron chi connectivity index (χ0n) is 16.4. The van der Waals surface area contributed by atoms with Crippen molar-refractivity contribution in [3.8, 4) is 28.8 Å². The number of carbonyl (C=O) groups is 1. The van der Waals surface area contributed by atoms with Crippen LogP contribution >= 0.6 is 11.3 Å². The first kappa shape index (κ1) is 19.6. The van der Waals surface area contributed by atoms with Gasteiger partial charge in [-0.05, 0) is 35.7 Å². The molecular formula is C20H19N5O4S. The average molecular weight is 425 g/mol. The third kappa shape index (κ3) is 4.03. The van der Waals surface area contributed by atoms with E-state index < -0.39 is 0 Å². The third-order valence-electron chi connectivity index (χ3n) is 4.27. The summed E-state index contributed by atoms with van der Waals surface area (Å²) in [6.45, 7) is 0.630. The summed E-state index contributed by atoms with van der Waals surface area (Å²) < 4.78 is 18.0. The van der Waals surface area contributed by atoms with Gasteiger partial charge in [-0.15, -0.1) is 26.6 Å². The van der Waals surface area contributed by atoms with Gasteiger partial charge in [-0.2, -0.15) is 4.52 Å². The van der Waals surface area contributed by atoms with E-state index in [-0.39, 0.29) is 12.5 Å². The number of benzene rings is 1. The maximum Gasteiger partial charge on any atom is 0.261 e. The zero-order valence-corrected chi connectivity index (χ0v) is 17.2. The molecule has 1 amide bonds. The predicted octanol–water partition coefficient (Wildman–Crippen LogP) is 2.68. The number of ether oxygens (including phenoxy) is 3. The molecule has 0 spiro atoms. The highest BCUT2D eigenvalue weighted by molar-refractivity contribution is 7.12. The molecule has 4 rings (SSSR count). The molecule has 0 fully saturated rings. The SMILES string of the molecule is COc1ccc(OC)c(-c2nnc3ccc(OCCNC(=O)c4cccs4)nn23)c1. The van der Waals surface area contributed by atoms with Gasteiger partial charge in [-0.1, -0.05) is 6.07 Å². The number of nitrogens with one attached hydrogen (secondary N) is 1. The van der Waals surface area contributed by atoms with Crippen LogP contribution in [0.4, 0.5) is 0 Å². The average Bonchev–Trinajstić information content (AvgIpc) is 3.46. The summed E-state index contributed by atoms with van der Waals surface area (Å²) in [7, 11) is 3.18. The van der Waals surface area contributed by atoms with Crippen molar-refractivity contribution in [2.24, 2.45) is 0 Å². The molecule has 0 aliphatic rings. The topological polar surface area (TPSA) is 99.9 Å². The van der Waals surface area contributed by atoms with Crippen LogP contribution in [-0.4, -0.2) is 53.1 Å². The summed E-state index contributed by atoms with van der Waals surface area (Å²) in [6, 6.07) is 12.5. The van der Waals surface area contributed by atoms with Gasteiger partial charge in [-0.25, -0.2) is 0 Å². The van der Waals surface area contributed by atoms with Gasteiger partial charge < -0.3 is 19.5 Å². The maximum absolute atomic E-state index is 12.0. The van der Waals surface area contributed by atoms with Crippen molar-refractivity contribution in [3.05, 3.63) is 52.7 Å². The summed E-state index contributed by atoms with van der Waals surface area (Å²) in [5.41, 5.74) is 1.26. The predicted molar refractivity (Wildman–Crippen MR) is 111 cm³/mol. The number of methoxy groups -OCH3 is 2. The highest BCUT2D eigenvalue weighted by Gasteiger charge is 2.16. The summed E-state index contributed by atoms with van der Waals surface area (Å²) in [4.78, 5) is 12.6. The number of aromatic nitrogens is 4. The second-order valence-corrected chi connectivity index (χ2v) is 7.06. The van der Waals surface area contributed by atoms with Crippen molar-refractivity contribution < 1.29 is 19.0 Å². The summed E-state index contributed by atoms with van der Waals surface area (Å²) in [6.07, 6.45) is 0. The smallest absolute Gasteiger partial charge is 0.261 e. The monoisotopic (exact) mass is 425 g/mol. The molecule has 0 saturated carbocycles. The number of nitrogens with zero attached hydrogens (tertiary/aromatic N) is 4. The van der Waals surface area contributed by atoms with Crippen molar-refractivity contribution >= 4 is 22.9 Å². The minimum atomic E-state index is -0.122. The minimum Gasteiger partial charge on any atom is -0.497 e. The molecule has 0 atom stereocenters. The van der Waals surface area contributed by atoms with Gasteiger partial charge in [0.05, 0.1) is 31.2 Å². The fraction of sp³-hybridized carbons (Fsp3) is 0.200. The van der Waals surface area contributed by atoms with E-state index in [2.05, 4.69) is 20.6 Å². The fourth-order valence-electron chi connectivity index (χ4n) is 2.82. The third-order valence-corrected chi connectivity index (χ3v) is 5.14. The number of amides is 1. The van der Waals surface area contributed by atoms with Crippen LogP contribution in [0.25, 0.3) is 17.0 Å². The molecule has 4 aromatic rings. The van der Waals surface area contributed by atoms with E-state index in [0.717, 1.165) is 0 Å². The first-order valence-corrected chi connectivity index (χ1v) is 9.97. The highest BCUT2D eigenvalue weighted by Crippen LogP contribution is 2.32. The van der Waals surface area contributed by atoms with E-state index in [4.69, 9.17) is 14.2 Å². The van der Waals surface area contributed by atoms with E-state index >= 15 is 0 Å². The molecule has 1 aromatic carbocycles. The maximum atomic E-state index is 12.0. The minimum absolute atomic E-state index is 0.122. The Morgan fingerprint density at radius 1 is 1.13 bits per heavy atom. The Labute approximate surface area is 176 Å². The van der Waals surface area contributed by atoms with Crippen molar-refractivity contribution in [2.75, 3.05) is 27.4 Å². The molecule has 0 radical (unpaired) electrons. The van der Waals surface area contributed by atoms with Crippen molar-refractivity contribution in [2.45, 2.75) is 0 Å². The Bertz CT molecular complexity index is 1160. The first-order valence-electron chi connectivity index (χ1n) is 9.09. The van der Waals surface area contributed by atoms with Gasteiger partial charge >= 0.3 is 0 Å². The molecule has 3 heterocycles. The van der Waals surface area contributed by atoms with E-state index in [1.54, 1.807) is 49.1 Å². The van der Waals surface area contributed by atoms with Gasteiger partial charge in [-0.3, -0.25) is 4.79 Å². The molecule has 154 valence electrons. The van der Waals surface area contributed by atoms with Crippen LogP contribution < -0.4 is 19.5 Å². The Kier molecular flexibility index (Phi) is 5.75. The lowest BCUT2D eigenvalue weighted by Crippen LogP contribution is -2.27. The van der Waals surface area contributed by atoms with E-state index in [0.29, 0.717) is 45.8 Å². The van der Waals surface area contributed by atoms with Crippen molar-refractivity contribution in [1.82, 2.24) is 25.1 Å². The van der Waals surface area contributed by atoms with Crippen LogP contribution in [-0.2, 0) is 0 Å². The lowest BCUT2D eigenvalue weighted by molar-refractivity contribution is 0.0950. The molecule has 1 N–H and O–H groups in total. The van der Waals surface area contributed by atoms with Gasteiger partial charge in [0.25, 0.3) is 5.91 Å². The molecule has 0 bridgehead atoms. The molecule has 0 aliphatic carbocycles.